The molecule has 0 bridgehead atoms. The van der Waals surface area contributed by atoms with Crippen LogP contribution in [0.5, 0.6) is 0 Å². The van der Waals surface area contributed by atoms with Crippen molar-refractivity contribution in [3.63, 3.8) is 0 Å². The van der Waals surface area contributed by atoms with Gasteiger partial charge in [0.1, 0.15) is 24.4 Å². The van der Waals surface area contributed by atoms with Gasteiger partial charge in [0.2, 0.25) is 0 Å². The van der Waals surface area contributed by atoms with Crippen LogP contribution < -0.4 is 5.25 Å². The van der Waals surface area contributed by atoms with Gasteiger partial charge < -0.3 is 30.3 Å². The normalized spacial score (nSPS) is 18.5. The molecule has 0 aliphatic rings. The molecule has 0 aromatic carbocycles. The molecule has 86 valence electrons. The van der Waals surface area contributed by atoms with Crippen LogP contribution in [0.2, 0.25) is 0 Å². The zero-order valence-corrected chi connectivity index (χ0v) is 7.95. The number of hydrogen-bond acceptors (Lipinski definition) is 7. The summed E-state index contributed by atoms with van der Waals surface area (Å²) in [6.07, 6.45) is -6.84. The van der Waals surface area contributed by atoms with Crippen molar-refractivity contribution in [2.45, 2.75) is 24.4 Å². The maximum absolute atomic E-state index is 9.90. The van der Waals surface area contributed by atoms with Gasteiger partial charge in [-0.25, -0.2) is 5.25 Å². The van der Waals surface area contributed by atoms with E-state index in [0.29, 0.717) is 0 Å². The number of aliphatic hydroxyl groups excluding tert-OH is 5. The molecule has 14 heavy (non-hydrogen) atoms. The summed E-state index contributed by atoms with van der Waals surface area (Å²) in [6.45, 7) is -0.760. The molecule has 0 rings (SSSR count). The largest absolute Gasteiger partial charge is 0.394 e. The Morgan fingerprint density at radius 2 is 1.57 bits per heavy atom. The Labute approximate surface area is 85.5 Å². The highest BCUT2D eigenvalue weighted by Crippen LogP contribution is 2.02. The van der Waals surface area contributed by atoms with Crippen LogP contribution in [0.1, 0.15) is 0 Å². The highest BCUT2D eigenvalue weighted by atomic mass is 35.5. The Morgan fingerprint density at radius 3 is 1.86 bits per heavy atom. The molecule has 0 saturated carbocycles. The summed E-state index contributed by atoms with van der Waals surface area (Å²) in [5.41, 5.74) is 0. The highest BCUT2D eigenvalue weighted by Gasteiger charge is 2.29. The van der Waals surface area contributed by atoms with Crippen molar-refractivity contribution in [1.82, 2.24) is 0 Å². The van der Waals surface area contributed by atoms with Crippen molar-refractivity contribution in [3.8, 4) is 0 Å². The Bertz CT molecular complexity index is 148. The van der Waals surface area contributed by atoms with E-state index in [-0.39, 0.29) is 6.29 Å². The van der Waals surface area contributed by atoms with E-state index in [4.69, 9.17) is 25.5 Å². The highest BCUT2D eigenvalue weighted by molar-refractivity contribution is 6.11. The van der Waals surface area contributed by atoms with Crippen molar-refractivity contribution in [1.29, 1.82) is 0 Å². The molecule has 0 saturated heterocycles. The van der Waals surface area contributed by atoms with Gasteiger partial charge in [-0.2, -0.15) is 0 Å². The molecule has 4 atom stereocenters. The Morgan fingerprint density at radius 1 is 1.14 bits per heavy atom. The number of halogens is 1. The molecule has 0 aromatic heterocycles. The average molecular weight is 232 g/mol. The molecule has 0 aromatic rings. The maximum Gasteiger partial charge on any atom is 0.151 e. The molecule has 0 amide bonds. The number of rotatable bonds is 5. The van der Waals surface area contributed by atoms with E-state index in [1.165, 1.54) is 0 Å². The van der Waals surface area contributed by atoms with Crippen LogP contribution in [0.25, 0.3) is 0 Å². The summed E-state index contributed by atoms with van der Waals surface area (Å²) in [6, 6.07) is 0. The van der Waals surface area contributed by atoms with Crippen LogP contribution in [-0.2, 0) is 4.79 Å². The van der Waals surface area contributed by atoms with Crippen LogP contribution in [0.4, 0.5) is 0 Å². The van der Waals surface area contributed by atoms with Crippen LogP contribution >= 0.6 is 11.8 Å². The van der Waals surface area contributed by atoms with Gasteiger partial charge in [0.25, 0.3) is 0 Å². The predicted octanol–water partition coefficient (Wildman–Crippen LogP) is -3.28. The van der Waals surface area contributed by atoms with Gasteiger partial charge in [0, 0.05) is 0 Å². The minimum Gasteiger partial charge on any atom is -0.394 e. The number of carbonyl (C=O) groups is 1. The molecule has 0 aliphatic carbocycles. The van der Waals surface area contributed by atoms with Gasteiger partial charge in [-0.3, -0.25) is 0 Å². The molecule has 8 heteroatoms. The smallest absolute Gasteiger partial charge is 0.151 e. The van der Waals surface area contributed by atoms with Crippen molar-refractivity contribution in [2.24, 2.45) is 5.25 Å². The summed E-state index contributed by atoms with van der Waals surface area (Å²) < 4.78 is 0. The van der Waals surface area contributed by atoms with Crippen molar-refractivity contribution in [2.75, 3.05) is 6.61 Å². The third kappa shape index (κ3) is 5.45. The first-order valence-electron chi connectivity index (χ1n) is 3.54. The SMILES string of the molecule is NCl.O=CC(O)C(O)C(O)C(O)CO. The van der Waals surface area contributed by atoms with Gasteiger partial charge in [0.05, 0.1) is 6.61 Å². The first-order valence-corrected chi connectivity index (χ1v) is 3.98. The second-order valence-electron chi connectivity index (χ2n) is 2.36. The third-order valence-electron chi connectivity index (χ3n) is 1.42. The van der Waals surface area contributed by atoms with Gasteiger partial charge in [-0.15, -0.1) is 0 Å². The monoisotopic (exact) mass is 231 g/mol. The molecule has 0 radical (unpaired) electrons. The number of aliphatic hydroxyl groups is 5. The number of carbonyl (C=O) groups excluding carboxylic acids is 1. The lowest BCUT2D eigenvalue weighted by Gasteiger charge is -2.22. The number of nitrogens with two attached hydrogens (primary N) is 1. The second-order valence-corrected chi connectivity index (χ2v) is 2.36. The first-order chi connectivity index (χ1) is 6.54. The quantitative estimate of drug-likeness (QED) is 0.215. The Balaban J connectivity index is 0. The molecule has 0 aliphatic heterocycles. The third-order valence-corrected chi connectivity index (χ3v) is 1.42. The number of aldehydes is 1. The summed E-state index contributed by atoms with van der Waals surface area (Å²) in [5.74, 6) is 0. The van der Waals surface area contributed by atoms with Crippen molar-refractivity contribution < 1.29 is 30.3 Å². The minimum atomic E-state index is -1.79. The first kappa shape index (κ1) is 16.2. The lowest BCUT2D eigenvalue weighted by atomic mass is 10.0. The van der Waals surface area contributed by atoms with Gasteiger partial charge >= 0.3 is 0 Å². The Kier molecular flexibility index (Phi) is 10.7. The van der Waals surface area contributed by atoms with E-state index in [9.17, 15) is 4.79 Å². The lowest BCUT2D eigenvalue weighted by molar-refractivity contribution is -0.136. The summed E-state index contributed by atoms with van der Waals surface area (Å²) in [4.78, 5) is 9.90. The minimum absolute atomic E-state index is 0.0258. The van der Waals surface area contributed by atoms with E-state index < -0.39 is 31.0 Å². The van der Waals surface area contributed by atoms with E-state index in [2.05, 4.69) is 17.0 Å². The van der Waals surface area contributed by atoms with E-state index >= 15 is 0 Å². The van der Waals surface area contributed by atoms with Crippen LogP contribution in [0, 0.1) is 0 Å². The fraction of sp³-hybridized carbons (Fsp3) is 0.833. The average Bonchev–Trinajstić information content (AvgIpc) is 2.27. The molecular formula is C6H14ClNO6. The van der Waals surface area contributed by atoms with Crippen molar-refractivity contribution in [3.05, 3.63) is 0 Å². The predicted molar refractivity (Wildman–Crippen MR) is 47.2 cm³/mol. The van der Waals surface area contributed by atoms with E-state index in [1.54, 1.807) is 0 Å². The molecule has 7 nitrogen and oxygen atoms in total. The molecule has 4 unspecified atom stereocenters. The fourth-order valence-corrected chi connectivity index (χ4v) is 0.618. The molecule has 0 spiro atoms. The molecule has 0 heterocycles. The number of hydrogen-bond donors (Lipinski definition) is 6. The summed E-state index contributed by atoms with van der Waals surface area (Å²) >= 11 is 4.14. The van der Waals surface area contributed by atoms with Gasteiger partial charge in [-0.1, -0.05) is 0 Å². The Hall–Kier alpha value is -0.280. The molecule has 0 fully saturated rings. The topological polar surface area (TPSA) is 144 Å². The van der Waals surface area contributed by atoms with E-state index in [1.807, 2.05) is 0 Å². The fourth-order valence-electron chi connectivity index (χ4n) is 0.618. The van der Waals surface area contributed by atoms with Crippen LogP contribution in [0.3, 0.4) is 0 Å². The lowest BCUT2D eigenvalue weighted by Crippen LogP contribution is -2.46. The van der Waals surface area contributed by atoms with Gasteiger partial charge in [-0.05, 0) is 11.8 Å². The molecule has 7 N–H and O–H groups in total. The summed E-state index contributed by atoms with van der Waals surface area (Å²) in [7, 11) is 0. The van der Waals surface area contributed by atoms with E-state index in [0.717, 1.165) is 0 Å². The zero-order valence-electron chi connectivity index (χ0n) is 7.19. The second kappa shape index (κ2) is 9.28. The maximum atomic E-state index is 9.90. The van der Waals surface area contributed by atoms with Crippen LogP contribution in [-0.4, -0.2) is 62.8 Å². The summed E-state index contributed by atoms with van der Waals surface area (Å²) in [5, 5.41) is 47.5. The standard InChI is InChI=1S/C6H12O6.ClH2N/c7-1-3(9)5(11)6(12)4(10)2-8;1-2/h1,3-6,8-12H,2H2;2H2. The molecular weight excluding hydrogens is 218 g/mol. The van der Waals surface area contributed by atoms with Crippen molar-refractivity contribution >= 4 is 18.1 Å². The van der Waals surface area contributed by atoms with Crippen LogP contribution in [0.15, 0.2) is 0 Å². The van der Waals surface area contributed by atoms with Gasteiger partial charge in [0.15, 0.2) is 6.29 Å². The zero-order chi connectivity index (χ0) is 11.7.